The van der Waals surface area contributed by atoms with Crippen molar-refractivity contribution in [2.24, 2.45) is 0 Å². The first-order chi connectivity index (χ1) is 8.43. The summed E-state index contributed by atoms with van der Waals surface area (Å²) in [5.74, 6) is 0. The maximum absolute atomic E-state index is 3.54. The van der Waals surface area contributed by atoms with Crippen molar-refractivity contribution in [2.75, 3.05) is 39.3 Å². The average molecular weight is 237 g/mol. The molecule has 3 nitrogen and oxygen atoms in total. The first kappa shape index (κ1) is 11.9. The molecule has 0 radical (unpaired) electrons. The van der Waals surface area contributed by atoms with Crippen LogP contribution >= 0.6 is 0 Å². The molecule has 3 rings (SSSR count). The van der Waals surface area contributed by atoms with Crippen molar-refractivity contribution in [2.45, 2.75) is 50.6 Å². The average Bonchev–Trinajstić information content (AvgIpc) is 2.94. The quantitative estimate of drug-likeness (QED) is 0.781. The van der Waals surface area contributed by atoms with E-state index >= 15 is 0 Å². The van der Waals surface area contributed by atoms with E-state index in [1.165, 1.54) is 77.8 Å². The molecular formula is C14H27N3. The minimum Gasteiger partial charge on any atom is -0.315 e. The van der Waals surface area contributed by atoms with Gasteiger partial charge in [0.15, 0.2) is 0 Å². The Morgan fingerprint density at radius 2 is 1.29 bits per heavy atom. The molecule has 1 N–H and O–H groups in total. The molecule has 0 amide bonds. The van der Waals surface area contributed by atoms with E-state index in [0.717, 1.165) is 12.1 Å². The van der Waals surface area contributed by atoms with Crippen LogP contribution in [0.3, 0.4) is 0 Å². The van der Waals surface area contributed by atoms with Crippen LogP contribution in [0.15, 0.2) is 0 Å². The maximum atomic E-state index is 3.54. The third-order valence-corrected chi connectivity index (χ3v) is 4.98. The summed E-state index contributed by atoms with van der Waals surface area (Å²) in [7, 11) is 0. The van der Waals surface area contributed by atoms with Crippen molar-refractivity contribution in [3.8, 4) is 0 Å². The highest BCUT2D eigenvalue weighted by Crippen LogP contribution is 2.25. The largest absolute Gasteiger partial charge is 0.315 e. The van der Waals surface area contributed by atoms with E-state index in [1.54, 1.807) is 0 Å². The maximum Gasteiger partial charge on any atom is 0.0222 e. The zero-order valence-electron chi connectivity index (χ0n) is 11.0. The third kappa shape index (κ3) is 2.83. The van der Waals surface area contributed by atoms with Crippen LogP contribution in [-0.4, -0.2) is 61.2 Å². The Morgan fingerprint density at radius 3 is 1.88 bits per heavy atom. The molecule has 0 aromatic rings. The smallest absolute Gasteiger partial charge is 0.0222 e. The summed E-state index contributed by atoms with van der Waals surface area (Å²) in [4.78, 5) is 5.50. The Kier molecular flexibility index (Phi) is 3.99. The van der Waals surface area contributed by atoms with Crippen LogP contribution in [0.2, 0.25) is 0 Å². The third-order valence-electron chi connectivity index (χ3n) is 4.98. The van der Waals surface area contributed by atoms with Crippen LogP contribution < -0.4 is 5.32 Å². The summed E-state index contributed by atoms with van der Waals surface area (Å²) in [6.45, 7) is 7.72. The monoisotopic (exact) mass is 237 g/mol. The van der Waals surface area contributed by atoms with E-state index < -0.39 is 0 Å². The number of nitrogens with zero attached hydrogens (tertiary/aromatic N) is 2. The second kappa shape index (κ2) is 5.68. The van der Waals surface area contributed by atoms with Crippen molar-refractivity contribution in [1.82, 2.24) is 15.1 Å². The predicted molar refractivity (Wildman–Crippen MR) is 71.3 cm³/mol. The van der Waals surface area contributed by atoms with E-state index in [1.807, 2.05) is 0 Å². The van der Waals surface area contributed by atoms with Gasteiger partial charge in [0.2, 0.25) is 0 Å². The molecule has 2 heterocycles. The van der Waals surface area contributed by atoms with E-state index in [2.05, 4.69) is 15.1 Å². The zero-order valence-corrected chi connectivity index (χ0v) is 11.0. The molecule has 3 fully saturated rings. The summed E-state index contributed by atoms with van der Waals surface area (Å²) >= 11 is 0. The number of nitrogens with one attached hydrogen (secondary N) is 1. The second-order valence-corrected chi connectivity index (χ2v) is 6.01. The molecule has 17 heavy (non-hydrogen) atoms. The number of piperazine rings is 1. The highest BCUT2D eigenvalue weighted by Gasteiger charge is 2.29. The molecule has 1 saturated carbocycles. The second-order valence-electron chi connectivity index (χ2n) is 6.01. The summed E-state index contributed by atoms with van der Waals surface area (Å²) in [5, 5.41) is 3.54. The molecular weight excluding hydrogens is 210 g/mol. The van der Waals surface area contributed by atoms with Crippen LogP contribution in [0, 0.1) is 0 Å². The Balaban J connectivity index is 1.46. The first-order valence-electron chi connectivity index (χ1n) is 7.62. The van der Waals surface area contributed by atoms with Crippen molar-refractivity contribution in [3.05, 3.63) is 0 Å². The van der Waals surface area contributed by atoms with Gasteiger partial charge in [0.1, 0.15) is 0 Å². The lowest BCUT2D eigenvalue weighted by Crippen LogP contribution is -2.55. The van der Waals surface area contributed by atoms with Crippen molar-refractivity contribution in [3.63, 3.8) is 0 Å². The zero-order chi connectivity index (χ0) is 11.5. The van der Waals surface area contributed by atoms with Gasteiger partial charge in [-0.2, -0.15) is 0 Å². The summed E-state index contributed by atoms with van der Waals surface area (Å²) in [6, 6.07) is 1.76. The van der Waals surface area contributed by atoms with Gasteiger partial charge in [0.05, 0.1) is 0 Å². The molecule has 0 aromatic heterocycles. The summed E-state index contributed by atoms with van der Waals surface area (Å²) < 4.78 is 0. The SMILES string of the molecule is C1CCC(N2CCN(C3CCCNC3)CC2)C1. The van der Waals surface area contributed by atoms with Crippen molar-refractivity contribution < 1.29 is 0 Å². The molecule has 2 saturated heterocycles. The molecule has 2 aliphatic heterocycles. The van der Waals surface area contributed by atoms with Crippen LogP contribution in [0.1, 0.15) is 38.5 Å². The van der Waals surface area contributed by atoms with Gasteiger partial charge >= 0.3 is 0 Å². The summed E-state index contributed by atoms with van der Waals surface area (Å²) in [5.41, 5.74) is 0. The molecule has 1 unspecified atom stereocenters. The number of piperidine rings is 1. The summed E-state index contributed by atoms with van der Waals surface area (Å²) in [6.07, 6.45) is 8.65. The Hall–Kier alpha value is -0.120. The fraction of sp³-hybridized carbons (Fsp3) is 1.00. The first-order valence-corrected chi connectivity index (χ1v) is 7.62. The predicted octanol–water partition coefficient (Wildman–Crippen LogP) is 1.30. The van der Waals surface area contributed by atoms with E-state index in [0.29, 0.717) is 0 Å². The number of hydrogen-bond acceptors (Lipinski definition) is 3. The van der Waals surface area contributed by atoms with Crippen LogP contribution in [-0.2, 0) is 0 Å². The Labute approximate surface area is 106 Å². The van der Waals surface area contributed by atoms with Gasteiger partial charge < -0.3 is 5.32 Å². The van der Waals surface area contributed by atoms with E-state index in [9.17, 15) is 0 Å². The minimum atomic E-state index is 0.828. The Morgan fingerprint density at radius 1 is 0.706 bits per heavy atom. The lowest BCUT2D eigenvalue weighted by molar-refractivity contribution is 0.0621. The molecule has 0 aromatic carbocycles. The molecule has 3 heteroatoms. The molecule has 0 spiro atoms. The molecule has 0 bridgehead atoms. The van der Waals surface area contributed by atoms with Gasteiger partial charge in [-0.05, 0) is 32.2 Å². The molecule has 1 aliphatic carbocycles. The van der Waals surface area contributed by atoms with Gasteiger partial charge in [0, 0.05) is 44.8 Å². The lowest BCUT2D eigenvalue weighted by atomic mass is 10.0. The normalized spacial score (nSPS) is 34.2. The number of hydrogen-bond donors (Lipinski definition) is 1. The van der Waals surface area contributed by atoms with E-state index in [-0.39, 0.29) is 0 Å². The fourth-order valence-electron chi connectivity index (χ4n) is 3.88. The van der Waals surface area contributed by atoms with Crippen LogP contribution in [0.25, 0.3) is 0 Å². The fourth-order valence-corrected chi connectivity index (χ4v) is 3.88. The van der Waals surface area contributed by atoms with Gasteiger partial charge in [-0.1, -0.05) is 12.8 Å². The van der Waals surface area contributed by atoms with Gasteiger partial charge in [-0.25, -0.2) is 0 Å². The van der Waals surface area contributed by atoms with Gasteiger partial charge in [-0.3, -0.25) is 9.80 Å². The van der Waals surface area contributed by atoms with Crippen LogP contribution in [0.5, 0.6) is 0 Å². The standard InChI is InChI=1S/C14H27N3/c1-2-5-13(4-1)16-8-10-17(11-9-16)14-6-3-7-15-12-14/h13-15H,1-12H2. The van der Waals surface area contributed by atoms with E-state index in [4.69, 9.17) is 0 Å². The lowest BCUT2D eigenvalue weighted by Gasteiger charge is -2.42. The highest BCUT2D eigenvalue weighted by atomic mass is 15.3. The van der Waals surface area contributed by atoms with Crippen LogP contribution in [0.4, 0.5) is 0 Å². The highest BCUT2D eigenvalue weighted by molar-refractivity contribution is 4.86. The van der Waals surface area contributed by atoms with Crippen molar-refractivity contribution >= 4 is 0 Å². The minimum absolute atomic E-state index is 0.828. The van der Waals surface area contributed by atoms with Crippen molar-refractivity contribution in [1.29, 1.82) is 0 Å². The molecule has 98 valence electrons. The molecule has 3 aliphatic rings. The number of rotatable bonds is 2. The van der Waals surface area contributed by atoms with Gasteiger partial charge in [0.25, 0.3) is 0 Å². The Bertz CT molecular complexity index is 224. The molecule has 1 atom stereocenters. The van der Waals surface area contributed by atoms with Gasteiger partial charge in [-0.15, -0.1) is 0 Å². The topological polar surface area (TPSA) is 18.5 Å².